The van der Waals surface area contributed by atoms with Gasteiger partial charge in [-0.25, -0.2) is 0 Å². The van der Waals surface area contributed by atoms with E-state index in [0.717, 1.165) is 6.07 Å². The number of halogens is 3. The molecule has 1 atom stereocenters. The highest BCUT2D eigenvalue weighted by molar-refractivity contribution is 5.58. The van der Waals surface area contributed by atoms with E-state index < -0.39 is 38.9 Å². The maximum absolute atomic E-state index is 12.6. The van der Waals surface area contributed by atoms with E-state index in [1.54, 1.807) is 13.8 Å². The van der Waals surface area contributed by atoms with Crippen molar-refractivity contribution < 1.29 is 23.0 Å². The molecule has 9 heteroatoms. The van der Waals surface area contributed by atoms with Crippen molar-refractivity contribution >= 4 is 11.4 Å². The molecule has 0 heterocycles. The lowest BCUT2D eigenvalue weighted by atomic mass is 9.90. The van der Waals surface area contributed by atoms with Gasteiger partial charge in [0.2, 0.25) is 0 Å². The van der Waals surface area contributed by atoms with Crippen molar-refractivity contribution in [1.29, 1.82) is 0 Å². The van der Waals surface area contributed by atoms with E-state index in [2.05, 4.69) is 0 Å². The van der Waals surface area contributed by atoms with Crippen LogP contribution in [0.1, 0.15) is 37.3 Å². The van der Waals surface area contributed by atoms with Gasteiger partial charge in [0.15, 0.2) is 0 Å². The van der Waals surface area contributed by atoms with Gasteiger partial charge < -0.3 is 0 Å². The van der Waals surface area contributed by atoms with Crippen molar-refractivity contribution in [3.8, 4) is 0 Å². The molecule has 1 unspecified atom stereocenters. The Balaban J connectivity index is 3.62. The zero-order valence-corrected chi connectivity index (χ0v) is 11.2. The lowest BCUT2D eigenvalue weighted by Crippen LogP contribution is -2.14. The summed E-state index contributed by atoms with van der Waals surface area (Å²) in [5.74, 6) is -0.489. The molecule has 0 aromatic heterocycles. The minimum absolute atomic E-state index is 0.0595. The topological polar surface area (TPSA) is 86.3 Å². The molecule has 1 rings (SSSR count). The number of non-ortho nitro benzene ring substituents is 1. The Morgan fingerprint density at radius 2 is 1.81 bits per heavy atom. The quantitative estimate of drug-likeness (QED) is 0.604. The lowest BCUT2D eigenvalue weighted by Gasteiger charge is -2.16. The van der Waals surface area contributed by atoms with Crippen LogP contribution >= 0.6 is 0 Å². The first-order valence-electron chi connectivity index (χ1n) is 5.96. The van der Waals surface area contributed by atoms with Crippen LogP contribution in [0.3, 0.4) is 0 Å². The monoisotopic (exact) mass is 305 g/mol. The van der Waals surface area contributed by atoms with Gasteiger partial charge in [0.1, 0.15) is 6.42 Å². The van der Waals surface area contributed by atoms with Crippen LogP contribution in [0.15, 0.2) is 12.1 Å². The molecular weight excluding hydrogens is 293 g/mol. The molecule has 1 aromatic carbocycles. The second-order valence-corrected chi connectivity index (χ2v) is 4.48. The standard InChI is InChI=1S/C12H12F3N2O4/c1-3-7(2)9-4-8(16(18)19)5-11(17(20)21)10(9)6-12(13,14)15/h4-7H,3H2,1-2H3. The first-order chi connectivity index (χ1) is 9.56. The Morgan fingerprint density at radius 1 is 1.24 bits per heavy atom. The Bertz CT molecular complexity index is 572. The van der Waals surface area contributed by atoms with Gasteiger partial charge in [0.25, 0.3) is 11.4 Å². The van der Waals surface area contributed by atoms with Gasteiger partial charge in [-0.2, -0.15) is 13.2 Å². The van der Waals surface area contributed by atoms with Gasteiger partial charge in [-0.05, 0) is 17.9 Å². The summed E-state index contributed by atoms with van der Waals surface area (Å²) in [5, 5.41) is 21.7. The molecule has 115 valence electrons. The predicted octanol–water partition coefficient (Wildman–Crippen LogP) is 4.13. The fourth-order valence-corrected chi connectivity index (χ4v) is 1.85. The smallest absolute Gasteiger partial charge is 0.258 e. The number of rotatable bonds is 5. The molecule has 0 aliphatic heterocycles. The highest BCUT2D eigenvalue weighted by Gasteiger charge is 2.36. The molecule has 0 bridgehead atoms. The molecule has 0 saturated carbocycles. The van der Waals surface area contributed by atoms with Gasteiger partial charge in [0, 0.05) is 11.6 Å². The van der Waals surface area contributed by atoms with Gasteiger partial charge in [-0.1, -0.05) is 13.8 Å². The van der Waals surface area contributed by atoms with Crippen LogP contribution in [0.25, 0.3) is 0 Å². The van der Waals surface area contributed by atoms with Gasteiger partial charge in [-0.15, -0.1) is 0 Å². The molecule has 1 aromatic rings. The Labute approximate surface area is 117 Å². The summed E-state index contributed by atoms with van der Waals surface area (Å²) >= 11 is 0. The summed E-state index contributed by atoms with van der Waals surface area (Å²) in [7, 11) is 0. The summed E-state index contributed by atoms with van der Waals surface area (Å²) in [4.78, 5) is 19.8. The minimum atomic E-state index is -4.76. The second kappa shape index (κ2) is 6.06. The van der Waals surface area contributed by atoms with E-state index in [9.17, 15) is 33.4 Å². The lowest BCUT2D eigenvalue weighted by molar-refractivity contribution is -0.394. The molecule has 0 aliphatic carbocycles. The van der Waals surface area contributed by atoms with Crippen molar-refractivity contribution in [2.24, 2.45) is 0 Å². The van der Waals surface area contributed by atoms with Crippen molar-refractivity contribution in [2.45, 2.75) is 32.4 Å². The SMILES string of the molecule is CCC(C)c1cc([N+](=O)[O-])cc([N+](=O)[O-])c1[CH]C(F)(F)F. The van der Waals surface area contributed by atoms with Crippen molar-refractivity contribution in [3.05, 3.63) is 49.9 Å². The number of hydrogen-bond acceptors (Lipinski definition) is 4. The van der Waals surface area contributed by atoms with Crippen LogP contribution in [0.4, 0.5) is 24.5 Å². The molecular formula is C12H12F3N2O4. The van der Waals surface area contributed by atoms with Crippen LogP contribution < -0.4 is 0 Å². The van der Waals surface area contributed by atoms with Crippen LogP contribution in [0, 0.1) is 26.6 Å². The largest absolute Gasteiger partial charge is 0.396 e. The summed E-state index contributed by atoms with van der Waals surface area (Å²) < 4.78 is 37.7. The van der Waals surface area contributed by atoms with Crippen molar-refractivity contribution in [2.75, 3.05) is 0 Å². The summed E-state index contributed by atoms with van der Waals surface area (Å²) in [6.07, 6.45) is -4.56. The molecule has 21 heavy (non-hydrogen) atoms. The van der Waals surface area contributed by atoms with E-state index in [4.69, 9.17) is 0 Å². The summed E-state index contributed by atoms with van der Waals surface area (Å²) in [6, 6.07) is 1.50. The van der Waals surface area contributed by atoms with E-state index in [0.29, 0.717) is 12.5 Å². The molecule has 0 amide bonds. The van der Waals surface area contributed by atoms with Crippen LogP contribution in [-0.2, 0) is 0 Å². The third-order valence-electron chi connectivity index (χ3n) is 3.03. The highest BCUT2D eigenvalue weighted by Crippen LogP contribution is 2.38. The van der Waals surface area contributed by atoms with E-state index >= 15 is 0 Å². The third kappa shape index (κ3) is 4.14. The van der Waals surface area contributed by atoms with Crippen molar-refractivity contribution in [3.63, 3.8) is 0 Å². The summed E-state index contributed by atoms with van der Waals surface area (Å²) in [6.45, 7) is 3.23. The normalized spacial score (nSPS) is 13.0. The molecule has 6 nitrogen and oxygen atoms in total. The highest BCUT2D eigenvalue weighted by atomic mass is 19.4. The average Bonchev–Trinajstić information content (AvgIpc) is 2.35. The zero-order valence-electron chi connectivity index (χ0n) is 11.2. The van der Waals surface area contributed by atoms with E-state index in [1.807, 2.05) is 0 Å². The average molecular weight is 305 g/mol. The first kappa shape index (κ1) is 16.9. The van der Waals surface area contributed by atoms with Gasteiger partial charge >= 0.3 is 6.18 Å². The van der Waals surface area contributed by atoms with Crippen molar-refractivity contribution in [1.82, 2.24) is 0 Å². The third-order valence-corrected chi connectivity index (χ3v) is 3.03. The number of nitro benzene ring substituents is 2. The molecule has 0 N–H and O–H groups in total. The Morgan fingerprint density at radius 3 is 2.19 bits per heavy atom. The zero-order chi connectivity index (χ0) is 16.4. The fraction of sp³-hybridized carbons (Fsp3) is 0.417. The Hall–Kier alpha value is -2.19. The van der Waals surface area contributed by atoms with Gasteiger partial charge in [-0.3, -0.25) is 20.2 Å². The molecule has 0 saturated heterocycles. The summed E-state index contributed by atoms with van der Waals surface area (Å²) in [5.41, 5.74) is -2.21. The number of alkyl halides is 3. The van der Waals surface area contributed by atoms with Crippen LogP contribution in [-0.4, -0.2) is 16.0 Å². The van der Waals surface area contributed by atoms with Gasteiger partial charge in [0.05, 0.1) is 15.9 Å². The number of nitrogens with zero attached hydrogens (tertiary/aromatic N) is 2. The minimum Gasteiger partial charge on any atom is -0.258 e. The predicted molar refractivity (Wildman–Crippen MR) is 67.9 cm³/mol. The van der Waals surface area contributed by atoms with E-state index in [-0.39, 0.29) is 12.0 Å². The second-order valence-electron chi connectivity index (χ2n) is 4.48. The fourth-order valence-electron chi connectivity index (χ4n) is 1.85. The number of nitro groups is 2. The molecule has 0 spiro atoms. The molecule has 1 radical (unpaired) electrons. The number of hydrogen-bond donors (Lipinski definition) is 0. The van der Waals surface area contributed by atoms with Crippen LogP contribution in [0.2, 0.25) is 0 Å². The maximum atomic E-state index is 12.6. The van der Waals surface area contributed by atoms with E-state index in [1.165, 1.54) is 0 Å². The molecule has 0 aliphatic rings. The Kier molecular flexibility index (Phi) is 4.87. The number of benzene rings is 1. The first-order valence-corrected chi connectivity index (χ1v) is 5.96. The van der Waals surface area contributed by atoms with Crippen LogP contribution in [0.5, 0.6) is 0 Å². The molecule has 0 fully saturated rings. The maximum Gasteiger partial charge on any atom is 0.396 e.